The largest absolute Gasteiger partial charge is 0.502 e. The zero-order chi connectivity index (χ0) is 30.0. The fourth-order valence-electron chi connectivity index (χ4n) is 6.88. The number of aliphatic hydroxyl groups is 2. The van der Waals surface area contributed by atoms with E-state index < -0.39 is 66.8 Å². The Morgan fingerprint density at radius 2 is 1.60 bits per heavy atom. The number of phenols is 1. The number of ether oxygens (including phenoxy) is 9. The normalized spacial score (nSPS) is 35.9. The lowest BCUT2D eigenvalue weighted by Gasteiger charge is -2.48. The van der Waals surface area contributed by atoms with E-state index in [9.17, 15) is 20.1 Å². The molecule has 3 saturated heterocycles. The van der Waals surface area contributed by atoms with Gasteiger partial charge in [-0.05, 0) is 47.4 Å². The third kappa shape index (κ3) is 4.57. The Balaban J connectivity index is 1.30. The number of esters is 1. The van der Waals surface area contributed by atoms with E-state index in [2.05, 4.69) is 0 Å². The van der Waals surface area contributed by atoms with E-state index in [-0.39, 0.29) is 37.3 Å². The average molecular weight is 603 g/mol. The maximum Gasteiger partial charge on any atom is 0.310 e. The van der Waals surface area contributed by atoms with Gasteiger partial charge in [0.2, 0.25) is 12.5 Å². The fourth-order valence-corrected chi connectivity index (χ4v) is 6.88. The highest BCUT2D eigenvalue weighted by atomic mass is 16.8. The van der Waals surface area contributed by atoms with Gasteiger partial charge in [0.25, 0.3) is 0 Å². The molecule has 5 aliphatic rings. The summed E-state index contributed by atoms with van der Waals surface area (Å²) in [6.45, 7) is 2.14. The Morgan fingerprint density at radius 3 is 2.28 bits per heavy atom. The summed E-state index contributed by atoms with van der Waals surface area (Å²) in [5.74, 6) is -1.02. The number of phenolic OH excluding ortho intramolecular Hbond substituents is 1. The van der Waals surface area contributed by atoms with Crippen molar-refractivity contribution in [2.45, 2.75) is 62.4 Å². The summed E-state index contributed by atoms with van der Waals surface area (Å²) >= 11 is 0. The zero-order valence-electron chi connectivity index (χ0n) is 23.8. The molecule has 2 aromatic rings. The van der Waals surface area contributed by atoms with Gasteiger partial charge in [-0.25, -0.2) is 0 Å². The van der Waals surface area contributed by atoms with Crippen LogP contribution in [0.15, 0.2) is 24.3 Å². The van der Waals surface area contributed by atoms with Crippen molar-refractivity contribution < 1.29 is 62.7 Å². The summed E-state index contributed by atoms with van der Waals surface area (Å²) in [7, 11) is 2.86. The van der Waals surface area contributed by atoms with E-state index in [0.29, 0.717) is 34.6 Å². The highest BCUT2D eigenvalue weighted by Gasteiger charge is 2.56. The summed E-state index contributed by atoms with van der Waals surface area (Å²) in [6, 6.07) is 6.94. The minimum Gasteiger partial charge on any atom is -0.502 e. The molecule has 0 aromatic heterocycles. The van der Waals surface area contributed by atoms with Crippen molar-refractivity contribution in [2.24, 2.45) is 11.8 Å². The number of hydrogen-bond acceptors (Lipinski definition) is 13. The summed E-state index contributed by atoms with van der Waals surface area (Å²) in [5.41, 5.74) is 2.02. The highest BCUT2D eigenvalue weighted by molar-refractivity contribution is 5.79. The lowest BCUT2D eigenvalue weighted by molar-refractivity contribution is -0.367. The van der Waals surface area contributed by atoms with Gasteiger partial charge in [-0.2, -0.15) is 0 Å². The highest BCUT2D eigenvalue weighted by Crippen LogP contribution is 2.57. The molecule has 3 unspecified atom stereocenters. The van der Waals surface area contributed by atoms with Crippen LogP contribution in [0.5, 0.6) is 28.7 Å². The Kier molecular flexibility index (Phi) is 7.27. The van der Waals surface area contributed by atoms with Crippen LogP contribution in [-0.4, -0.2) is 92.5 Å². The van der Waals surface area contributed by atoms with Crippen LogP contribution in [0.1, 0.15) is 42.1 Å². The summed E-state index contributed by atoms with van der Waals surface area (Å²) < 4.78 is 51.9. The van der Waals surface area contributed by atoms with Crippen LogP contribution in [-0.2, 0) is 28.5 Å². The van der Waals surface area contributed by atoms with Crippen molar-refractivity contribution in [3.05, 3.63) is 41.0 Å². The quantitative estimate of drug-likeness (QED) is 0.411. The first-order chi connectivity index (χ1) is 20.8. The van der Waals surface area contributed by atoms with Crippen LogP contribution in [0.3, 0.4) is 0 Å². The number of cyclic esters (lactones) is 1. The molecule has 10 atom stereocenters. The Morgan fingerprint density at radius 1 is 0.907 bits per heavy atom. The first-order valence-electron chi connectivity index (χ1n) is 14.3. The molecule has 3 fully saturated rings. The first-order valence-corrected chi connectivity index (χ1v) is 14.3. The topological polar surface area (TPSA) is 161 Å². The van der Waals surface area contributed by atoms with Crippen molar-refractivity contribution in [1.82, 2.24) is 0 Å². The summed E-state index contributed by atoms with van der Waals surface area (Å²) in [5, 5.41) is 32.7. The van der Waals surface area contributed by atoms with Crippen molar-refractivity contribution in [3.8, 4) is 28.7 Å². The summed E-state index contributed by atoms with van der Waals surface area (Å²) in [6.07, 6.45) is -6.16. The molecule has 0 bridgehead atoms. The Bertz CT molecular complexity index is 1370. The molecule has 43 heavy (non-hydrogen) atoms. The molecule has 0 radical (unpaired) electrons. The van der Waals surface area contributed by atoms with Crippen molar-refractivity contribution in [2.75, 3.05) is 34.2 Å². The number of methoxy groups -OCH3 is 2. The van der Waals surface area contributed by atoms with Crippen molar-refractivity contribution in [3.63, 3.8) is 0 Å². The van der Waals surface area contributed by atoms with E-state index in [1.165, 1.54) is 14.2 Å². The van der Waals surface area contributed by atoms with Gasteiger partial charge in [0.1, 0.15) is 24.4 Å². The smallest absolute Gasteiger partial charge is 0.310 e. The second-order valence-electron chi connectivity index (χ2n) is 11.3. The standard InChI is InChI=1S/C30H34O13/c1-4-21-37-10-20-28(42-21)25(32)26(33)30(41-20)43-27-14-8-17-16(39-11-40-17)7-13(14)22(23-15(27)9-38-29(23)34)12-5-18(35-2)24(31)19(6-12)36-3/h5-8,15,20-23,25-28,30-33H,4,9-11H2,1-3H3/t15?,20-,21?,22-,23?,25-,26-,27-,28+,30+/m1/s1. The van der Waals surface area contributed by atoms with Crippen LogP contribution in [0.2, 0.25) is 0 Å². The SMILES string of the molecule is CCC1OC[C@H]2O[C@@H](O[C@@H]3c4cc5c(cc4[C@@H](c4cc(OC)c(O)c(OC)c4)C4C(=O)OCC43)OCO5)[C@H](O)[C@@H](O)[C@H]2O1. The Labute approximate surface area is 247 Å². The molecule has 3 N–H and O–H groups in total. The molecule has 1 aliphatic carbocycles. The van der Waals surface area contributed by atoms with Crippen molar-refractivity contribution in [1.29, 1.82) is 0 Å². The van der Waals surface area contributed by atoms with Gasteiger partial charge in [0.15, 0.2) is 35.6 Å². The zero-order valence-corrected chi connectivity index (χ0v) is 23.8. The van der Waals surface area contributed by atoms with Gasteiger partial charge in [-0.3, -0.25) is 4.79 Å². The Hall–Kier alpha value is -3.33. The molecule has 4 heterocycles. The van der Waals surface area contributed by atoms with Gasteiger partial charge < -0.3 is 58.0 Å². The van der Waals surface area contributed by atoms with Crippen LogP contribution in [0.4, 0.5) is 0 Å². The molecule has 2 aromatic carbocycles. The maximum absolute atomic E-state index is 13.4. The van der Waals surface area contributed by atoms with Crippen LogP contribution in [0.25, 0.3) is 0 Å². The van der Waals surface area contributed by atoms with Crippen molar-refractivity contribution >= 4 is 5.97 Å². The molecule has 13 nitrogen and oxygen atoms in total. The average Bonchev–Trinajstić information content (AvgIpc) is 3.65. The summed E-state index contributed by atoms with van der Waals surface area (Å²) in [4.78, 5) is 13.4. The minimum atomic E-state index is -1.44. The molecule has 0 saturated carbocycles. The molecule has 13 heteroatoms. The molecular formula is C30H34O13. The molecule has 0 amide bonds. The third-order valence-corrected chi connectivity index (χ3v) is 8.99. The van der Waals surface area contributed by atoms with Crippen LogP contribution in [0, 0.1) is 11.8 Å². The monoisotopic (exact) mass is 602 g/mol. The van der Waals surface area contributed by atoms with Gasteiger partial charge in [-0.15, -0.1) is 0 Å². The number of benzene rings is 2. The first kappa shape index (κ1) is 28.4. The van der Waals surface area contributed by atoms with E-state index in [1.54, 1.807) is 18.2 Å². The minimum absolute atomic E-state index is 0.0304. The van der Waals surface area contributed by atoms with E-state index in [1.807, 2.05) is 13.0 Å². The molecule has 0 spiro atoms. The molecule has 7 rings (SSSR count). The van der Waals surface area contributed by atoms with E-state index in [0.717, 1.165) is 0 Å². The molecular weight excluding hydrogens is 568 g/mol. The number of aliphatic hydroxyl groups excluding tert-OH is 2. The second kappa shape index (κ2) is 11.0. The van der Waals surface area contributed by atoms with Gasteiger partial charge in [-0.1, -0.05) is 6.92 Å². The predicted octanol–water partition coefficient (Wildman–Crippen LogP) is 1.73. The predicted molar refractivity (Wildman–Crippen MR) is 143 cm³/mol. The third-order valence-electron chi connectivity index (χ3n) is 8.99. The fraction of sp³-hybridized carbons (Fsp3) is 0.567. The maximum atomic E-state index is 13.4. The second-order valence-corrected chi connectivity index (χ2v) is 11.3. The number of carbonyl (C=O) groups is 1. The lowest BCUT2D eigenvalue weighted by atomic mass is 9.66. The van der Waals surface area contributed by atoms with Gasteiger partial charge in [0, 0.05) is 11.8 Å². The molecule has 4 aliphatic heterocycles. The van der Waals surface area contributed by atoms with Gasteiger partial charge >= 0.3 is 5.97 Å². The van der Waals surface area contributed by atoms with E-state index >= 15 is 0 Å². The van der Waals surface area contributed by atoms with Crippen LogP contribution >= 0.6 is 0 Å². The number of fused-ring (bicyclic) bond motifs is 4. The van der Waals surface area contributed by atoms with E-state index in [4.69, 9.17) is 42.6 Å². The molecule has 232 valence electrons. The lowest BCUT2D eigenvalue weighted by Crippen LogP contribution is -2.63. The number of carbonyl (C=O) groups excluding carboxylic acids is 1. The van der Waals surface area contributed by atoms with Gasteiger partial charge in [0.05, 0.1) is 39.5 Å². The van der Waals surface area contributed by atoms with Crippen LogP contribution < -0.4 is 18.9 Å². The number of aromatic hydroxyl groups is 1. The number of rotatable bonds is 6. The number of hydrogen-bond donors (Lipinski definition) is 3.